The van der Waals surface area contributed by atoms with Crippen molar-refractivity contribution >= 4 is 17.0 Å². The number of nitrogens with one attached hydrogen (secondary N) is 2. The van der Waals surface area contributed by atoms with Gasteiger partial charge in [-0.3, -0.25) is 5.10 Å². The van der Waals surface area contributed by atoms with Gasteiger partial charge in [0, 0.05) is 19.2 Å². The zero-order valence-electron chi connectivity index (χ0n) is 13.7. The summed E-state index contributed by atoms with van der Waals surface area (Å²) in [5.74, 6) is 0.854. The van der Waals surface area contributed by atoms with Crippen LogP contribution in [-0.2, 0) is 13.6 Å². The number of rotatable bonds is 4. The summed E-state index contributed by atoms with van der Waals surface area (Å²) >= 11 is 0. The summed E-state index contributed by atoms with van der Waals surface area (Å²) in [6, 6.07) is 16.6. The molecule has 0 spiro atoms. The third kappa shape index (κ3) is 2.54. The minimum atomic E-state index is 0.664. The third-order valence-electron chi connectivity index (χ3n) is 4.28. The van der Waals surface area contributed by atoms with E-state index in [9.17, 15) is 0 Å². The molecule has 120 valence electrons. The molecule has 0 amide bonds. The van der Waals surface area contributed by atoms with Gasteiger partial charge in [-0.25, -0.2) is 4.98 Å². The summed E-state index contributed by atoms with van der Waals surface area (Å²) in [6.45, 7) is 2.75. The highest BCUT2D eigenvalue weighted by atomic mass is 15.2. The normalized spacial score (nSPS) is 11.1. The van der Waals surface area contributed by atoms with Crippen LogP contribution in [0.1, 0.15) is 11.1 Å². The molecule has 0 aliphatic rings. The summed E-state index contributed by atoms with van der Waals surface area (Å²) in [5.41, 5.74) is 6.66. The number of anilines is 1. The Balaban J connectivity index is 1.59. The Morgan fingerprint density at radius 3 is 2.67 bits per heavy atom. The number of aromatic amines is 1. The molecule has 2 aromatic heterocycles. The Hall–Kier alpha value is -3.08. The first kappa shape index (κ1) is 14.5. The fourth-order valence-corrected chi connectivity index (χ4v) is 2.89. The van der Waals surface area contributed by atoms with Crippen LogP contribution in [0.3, 0.4) is 0 Å². The van der Waals surface area contributed by atoms with Crippen LogP contribution in [0.4, 0.5) is 5.95 Å². The van der Waals surface area contributed by atoms with Gasteiger partial charge in [0.25, 0.3) is 0 Å². The lowest BCUT2D eigenvalue weighted by atomic mass is 10.1. The van der Waals surface area contributed by atoms with E-state index >= 15 is 0 Å². The number of aromatic nitrogens is 4. The van der Waals surface area contributed by atoms with Crippen LogP contribution < -0.4 is 5.32 Å². The minimum absolute atomic E-state index is 0.664. The van der Waals surface area contributed by atoms with E-state index in [1.807, 2.05) is 31.4 Å². The number of imidazole rings is 1. The zero-order valence-corrected chi connectivity index (χ0v) is 13.7. The molecule has 24 heavy (non-hydrogen) atoms. The van der Waals surface area contributed by atoms with Crippen molar-refractivity contribution in [2.75, 3.05) is 5.32 Å². The summed E-state index contributed by atoms with van der Waals surface area (Å²) in [5, 5.41) is 10.7. The predicted molar refractivity (Wildman–Crippen MR) is 96.8 cm³/mol. The quantitative estimate of drug-likeness (QED) is 0.600. The van der Waals surface area contributed by atoms with Crippen molar-refractivity contribution in [3.8, 4) is 11.3 Å². The van der Waals surface area contributed by atoms with E-state index in [0.29, 0.717) is 6.54 Å². The van der Waals surface area contributed by atoms with Gasteiger partial charge < -0.3 is 9.88 Å². The second-order valence-electron chi connectivity index (χ2n) is 5.97. The Morgan fingerprint density at radius 2 is 1.88 bits per heavy atom. The number of hydrogen-bond acceptors (Lipinski definition) is 3. The Bertz CT molecular complexity index is 979. The molecule has 0 aliphatic heterocycles. The Kier molecular flexibility index (Phi) is 3.54. The van der Waals surface area contributed by atoms with Crippen LogP contribution in [0, 0.1) is 6.92 Å². The number of benzene rings is 2. The third-order valence-corrected chi connectivity index (χ3v) is 4.28. The lowest BCUT2D eigenvalue weighted by Crippen LogP contribution is -2.05. The maximum absolute atomic E-state index is 4.65. The molecule has 0 fully saturated rings. The Morgan fingerprint density at radius 1 is 1.08 bits per heavy atom. The number of para-hydroxylation sites is 2. The van der Waals surface area contributed by atoms with Crippen molar-refractivity contribution in [1.29, 1.82) is 0 Å². The van der Waals surface area contributed by atoms with E-state index in [1.165, 1.54) is 5.56 Å². The van der Waals surface area contributed by atoms with E-state index in [4.69, 9.17) is 0 Å². The van der Waals surface area contributed by atoms with Crippen molar-refractivity contribution in [2.24, 2.45) is 7.05 Å². The van der Waals surface area contributed by atoms with Crippen LogP contribution in [0.2, 0.25) is 0 Å². The van der Waals surface area contributed by atoms with Gasteiger partial charge in [0.1, 0.15) is 0 Å². The fraction of sp³-hybridized carbons (Fsp3) is 0.158. The highest BCUT2D eigenvalue weighted by molar-refractivity contribution is 5.78. The van der Waals surface area contributed by atoms with E-state index in [1.54, 1.807) is 0 Å². The van der Waals surface area contributed by atoms with Crippen LogP contribution in [-0.4, -0.2) is 19.7 Å². The molecular formula is C19H19N5. The fourth-order valence-electron chi connectivity index (χ4n) is 2.89. The first-order valence-electron chi connectivity index (χ1n) is 7.97. The molecule has 4 rings (SSSR count). The van der Waals surface area contributed by atoms with Crippen LogP contribution in [0.25, 0.3) is 22.3 Å². The summed E-state index contributed by atoms with van der Waals surface area (Å²) < 4.78 is 2.07. The van der Waals surface area contributed by atoms with Crippen molar-refractivity contribution in [3.05, 3.63) is 65.9 Å². The van der Waals surface area contributed by atoms with Gasteiger partial charge in [0.15, 0.2) is 0 Å². The van der Waals surface area contributed by atoms with E-state index in [2.05, 4.69) is 62.3 Å². The van der Waals surface area contributed by atoms with Gasteiger partial charge in [0.2, 0.25) is 5.95 Å². The molecular weight excluding hydrogens is 298 g/mol. The predicted octanol–water partition coefficient (Wildman–Crippen LogP) is 3.88. The number of nitrogens with zero attached hydrogens (tertiary/aromatic N) is 3. The molecule has 0 radical (unpaired) electrons. The van der Waals surface area contributed by atoms with Gasteiger partial charge in [-0.15, -0.1) is 0 Å². The first-order chi connectivity index (χ1) is 11.7. The van der Waals surface area contributed by atoms with E-state index in [-0.39, 0.29) is 0 Å². The number of aryl methyl sites for hydroxylation is 2. The highest BCUT2D eigenvalue weighted by Gasteiger charge is 2.10. The van der Waals surface area contributed by atoms with Gasteiger partial charge in [-0.05, 0) is 24.6 Å². The van der Waals surface area contributed by atoms with Gasteiger partial charge in [-0.1, -0.05) is 42.0 Å². The molecule has 0 bridgehead atoms. The molecule has 2 aromatic carbocycles. The second-order valence-corrected chi connectivity index (χ2v) is 5.97. The molecule has 5 heteroatoms. The number of hydrogen-bond donors (Lipinski definition) is 2. The van der Waals surface area contributed by atoms with Crippen molar-refractivity contribution < 1.29 is 0 Å². The summed E-state index contributed by atoms with van der Waals surface area (Å²) in [7, 11) is 2.02. The standard InChI is InChI=1S/C19H19N5/c1-13-7-9-14(10-8-13)18-15(12-21-23-18)11-20-19-22-16-5-3-4-6-17(16)24(19)2/h3-10,12H,11H2,1-2H3,(H,20,22)(H,21,23). The SMILES string of the molecule is Cc1ccc(-c2[nH]ncc2CNc2nc3ccccc3n2C)cc1. The van der Waals surface area contributed by atoms with Crippen LogP contribution >= 0.6 is 0 Å². The lowest BCUT2D eigenvalue weighted by Gasteiger charge is -2.07. The van der Waals surface area contributed by atoms with Gasteiger partial charge in [0.05, 0.1) is 22.9 Å². The maximum Gasteiger partial charge on any atom is 0.203 e. The smallest absolute Gasteiger partial charge is 0.203 e. The average Bonchev–Trinajstić information content (AvgIpc) is 3.19. The monoisotopic (exact) mass is 317 g/mol. The molecule has 0 aliphatic carbocycles. The number of H-pyrrole nitrogens is 1. The molecule has 0 saturated heterocycles. The summed E-state index contributed by atoms with van der Waals surface area (Å²) in [6.07, 6.45) is 1.87. The average molecular weight is 317 g/mol. The van der Waals surface area contributed by atoms with Crippen molar-refractivity contribution in [1.82, 2.24) is 19.7 Å². The molecule has 4 aromatic rings. The van der Waals surface area contributed by atoms with Crippen LogP contribution in [0.5, 0.6) is 0 Å². The topological polar surface area (TPSA) is 58.5 Å². The number of fused-ring (bicyclic) bond motifs is 1. The maximum atomic E-state index is 4.65. The molecule has 2 N–H and O–H groups in total. The molecule has 5 nitrogen and oxygen atoms in total. The van der Waals surface area contributed by atoms with E-state index in [0.717, 1.165) is 33.8 Å². The molecule has 0 unspecified atom stereocenters. The highest BCUT2D eigenvalue weighted by Crippen LogP contribution is 2.23. The molecule has 2 heterocycles. The summed E-state index contributed by atoms with van der Waals surface area (Å²) in [4.78, 5) is 4.65. The second kappa shape index (κ2) is 5.85. The van der Waals surface area contributed by atoms with Gasteiger partial charge in [-0.2, -0.15) is 5.10 Å². The van der Waals surface area contributed by atoms with Crippen LogP contribution in [0.15, 0.2) is 54.7 Å². The first-order valence-corrected chi connectivity index (χ1v) is 7.97. The zero-order chi connectivity index (χ0) is 16.5. The Labute approximate surface area is 140 Å². The minimum Gasteiger partial charge on any atom is -0.351 e. The molecule has 0 saturated carbocycles. The van der Waals surface area contributed by atoms with Crippen molar-refractivity contribution in [3.63, 3.8) is 0 Å². The lowest BCUT2D eigenvalue weighted by molar-refractivity contribution is 0.928. The van der Waals surface area contributed by atoms with Gasteiger partial charge >= 0.3 is 0 Å². The van der Waals surface area contributed by atoms with Crippen molar-refractivity contribution in [2.45, 2.75) is 13.5 Å². The molecule has 0 atom stereocenters. The van der Waals surface area contributed by atoms with E-state index < -0.39 is 0 Å². The largest absolute Gasteiger partial charge is 0.351 e.